The average molecular weight is 980 g/mol. The first-order valence-corrected chi connectivity index (χ1v) is 24.4. The number of aromatic nitrogens is 4. The largest absolute Gasteiger partial charge is 0.496 e. The molecular formula is C55H54ClFN7O5S+. The number of nitrogens with zero attached hydrogens (tertiary/aromatic N) is 6. The van der Waals surface area contributed by atoms with Gasteiger partial charge in [0.2, 0.25) is 5.88 Å². The minimum Gasteiger partial charge on any atom is -0.496 e. The first-order valence-electron chi connectivity index (χ1n) is 23.2. The number of piperazine rings is 1. The fourth-order valence-corrected chi connectivity index (χ4v) is 10.2. The van der Waals surface area contributed by atoms with E-state index in [-0.39, 0.29) is 24.7 Å². The molecule has 15 heteroatoms. The molecule has 12 nitrogen and oxygen atoms in total. The number of hydrogen-bond donors (Lipinski definition) is 1. The number of carbonyl (C=O) groups is 1. The molecule has 1 fully saturated rings. The third kappa shape index (κ3) is 10.9. The molecule has 4 heterocycles. The normalized spacial score (nSPS) is 14.0. The molecule has 1 atom stereocenters. The van der Waals surface area contributed by atoms with Crippen LogP contribution in [0.3, 0.4) is 0 Å². The highest BCUT2D eigenvalue weighted by atomic mass is 35.5. The number of quaternary nitrogens is 1. The first kappa shape index (κ1) is 48.1. The van der Waals surface area contributed by atoms with Crippen molar-refractivity contribution in [1.29, 1.82) is 0 Å². The van der Waals surface area contributed by atoms with Crippen molar-refractivity contribution in [2.24, 2.45) is 0 Å². The molecule has 1 aliphatic heterocycles. The first-order chi connectivity index (χ1) is 34.1. The van der Waals surface area contributed by atoms with E-state index in [9.17, 15) is 9.18 Å². The van der Waals surface area contributed by atoms with Crippen molar-refractivity contribution in [1.82, 2.24) is 24.8 Å². The molecule has 70 heavy (non-hydrogen) atoms. The molecule has 0 aliphatic carbocycles. The molecule has 358 valence electrons. The third-order valence-electron chi connectivity index (χ3n) is 12.8. The van der Waals surface area contributed by atoms with Crippen molar-refractivity contribution in [2.45, 2.75) is 32.6 Å². The molecule has 1 unspecified atom stereocenters. The van der Waals surface area contributed by atoms with Crippen LogP contribution in [0.15, 0.2) is 128 Å². The van der Waals surface area contributed by atoms with Crippen LogP contribution in [0.1, 0.15) is 22.4 Å². The predicted octanol–water partition coefficient (Wildman–Crippen LogP) is 10.7. The maximum absolute atomic E-state index is 14.3. The number of benzene rings is 5. The van der Waals surface area contributed by atoms with Crippen LogP contribution in [0.25, 0.3) is 43.2 Å². The zero-order chi connectivity index (χ0) is 48.6. The molecule has 0 spiro atoms. The second-order valence-corrected chi connectivity index (χ2v) is 18.9. The van der Waals surface area contributed by atoms with E-state index in [2.05, 4.69) is 56.5 Å². The topological polar surface area (TPSA) is 121 Å². The van der Waals surface area contributed by atoms with Crippen molar-refractivity contribution >= 4 is 45.1 Å². The summed E-state index contributed by atoms with van der Waals surface area (Å²) in [6.45, 7) is 8.42. The monoisotopic (exact) mass is 978 g/mol. The number of para-hydroxylation sites is 2. The van der Waals surface area contributed by atoms with Crippen LogP contribution < -0.4 is 24.3 Å². The van der Waals surface area contributed by atoms with Crippen LogP contribution in [0, 0.1) is 12.7 Å². The van der Waals surface area contributed by atoms with Gasteiger partial charge in [0.15, 0.2) is 18.2 Å². The van der Waals surface area contributed by atoms with E-state index >= 15 is 0 Å². The fourth-order valence-electron chi connectivity index (χ4n) is 8.85. The molecule has 0 amide bonds. The van der Waals surface area contributed by atoms with Gasteiger partial charge in [-0.15, -0.1) is 11.3 Å². The van der Waals surface area contributed by atoms with Crippen molar-refractivity contribution < 1.29 is 32.6 Å². The Hall–Kier alpha value is -6.97. The van der Waals surface area contributed by atoms with Gasteiger partial charge in [0.05, 0.1) is 48.9 Å². The van der Waals surface area contributed by atoms with Gasteiger partial charge in [0.1, 0.15) is 54.0 Å². The van der Waals surface area contributed by atoms with Crippen LogP contribution in [0.4, 0.5) is 10.1 Å². The number of hydrogen-bond acceptors (Lipinski definition) is 12. The third-order valence-corrected chi connectivity index (χ3v) is 14.4. The van der Waals surface area contributed by atoms with Crippen LogP contribution in [-0.2, 0) is 24.4 Å². The summed E-state index contributed by atoms with van der Waals surface area (Å²) in [7, 11) is 5.89. The van der Waals surface area contributed by atoms with Crippen molar-refractivity contribution in [3.63, 3.8) is 0 Å². The van der Waals surface area contributed by atoms with Gasteiger partial charge in [-0.3, -0.25) is 9.69 Å². The minimum atomic E-state index is -0.954. The van der Waals surface area contributed by atoms with E-state index in [1.807, 2.05) is 74.6 Å². The van der Waals surface area contributed by atoms with E-state index in [0.717, 1.165) is 94.0 Å². The zero-order valence-corrected chi connectivity index (χ0v) is 41.1. The Balaban J connectivity index is 0.924. The Bertz CT molecular complexity index is 3090. The molecule has 1 N–H and O–H groups in total. The minimum absolute atomic E-state index is 0.155. The van der Waals surface area contributed by atoms with Gasteiger partial charge >= 0.3 is 0 Å². The summed E-state index contributed by atoms with van der Waals surface area (Å²) in [6, 6.07) is 35.8. The molecule has 1 aliphatic rings. The number of fused-ring (bicyclic) bond motifs is 1. The quantitative estimate of drug-likeness (QED) is 0.0616. The highest BCUT2D eigenvalue weighted by Crippen LogP contribution is 2.49. The van der Waals surface area contributed by atoms with Crippen LogP contribution >= 0.6 is 22.9 Å². The van der Waals surface area contributed by atoms with E-state index in [1.54, 1.807) is 31.5 Å². The molecule has 5 aromatic carbocycles. The van der Waals surface area contributed by atoms with E-state index in [4.69, 9.17) is 35.5 Å². The molecule has 0 radical (unpaired) electrons. The molecule has 0 saturated carbocycles. The summed E-state index contributed by atoms with van der Waals surface area (Å²) < 4.78 is 40.1. The Kier molecular flexibility index (Phi) is 14.9. The Labute approximate surface area is 416 Å². The number of likely N-dealkylation sites (N-methyl/N-ethyl adjacent to an activating group) is 1. The van der Waals surface area contributed by atoms with Gasteiger partial charge in [-0.25, -0.2) is 24.3 Å². The maximum atomic E-state index is 14.3. The van der Waals surface area contributed by atoms with Crippen molar-refractivity contribution in [3.8, 4) is 56.1 Å². The molecule has 8 aromatic rings. The number of anilines is 1. The highest BCUT2D eigenvalue weighted by molar-refractivity contribution is 7.22. The molecular weight excluding hydrogens is 925 g/mol. The smallest absolute Gasteiger partial charge is 0.226 e. The number of ether oxygens (including phenoxy) is 4. The van der Waals surface area contributed by atoms with E-state index in [0.29, 0.717) is 50.6 Å². The van der Waals surface area contributed by atoms with Crippen LogP contribution in [0.2, 0.25) is 5.02 Å². The lowest BCUT2D eigenvalue weighted by atomic mass is 9.96. The fraction of sp³-hybridized carbons (Fsp3) is 0.255. The summed E-state index contributed by atoms with van der Waals surface area (Å²) in [5.74, 6) is 2.22. The van der Waals surface area contributed by atoms with E-state index in [1.165, 1.54) is 35.4 Å². The summed E-state index contributed by atoms with van der Waals surface area (Å²) in [4.78, 5) is 35.3. The summed E-state index contributed by atoms with van der Waals surface area (Å²) in [6.07, 6.45) is 3.11. The summed E-state index contributed by atoms with van der Waals surface area (Å²) in [5.41, 5.74) is 7.76. The molecule has 9 rings (SSSR count). The van der Waals surface area contributed by atoms with Crippen molar-refractivity contribution in [3.05, 3.63) is 161 Å². The van der Waals surface area contributed by atoms with Gasteiger partial charge in [-0.05, 0) is 83.8 Å². The number of thiophene rings is 1. The average Bonchev–Trinajstić information content (AvgIpc) is 3.78. The molecule has 1 saturated heterocycles. The van der Waals surface area contributed by atoms with E-state index < -0.39 is 6.10 Å². The second-order valence-electron chi connectivity index (χ2n) is 17.5. The van der Waals surface area contributed by atoms with Gasteiger partial charge < -0.3 is 28.7 Å². The molecule has 3 aromatic heterocycles. The lowest BCUT2D eigenvalue weighted by Gasteiger charge is -2.42. The van der Waals surface area contributed by atoms with Crippen molar-refractivity contribution in [2.75, 3.05) is 65.9 Å². The number of nitrogens with one attached hydrogen (secondary N) is 1. The molecule has 0 bridgehead atoms. The SMILES string of the molecule is CNc1ccc(C[N+]2(C)CCN(CCOc3ccc(-c4c(-c5ccc(F)cc5)sc5ncnc(OC(C=O)Cc6ccccc6OCc6ccnc(-c7ccccc7OC)n6)c45)c(C)c3Cl)CC2)cc1. The van der Waals surface area contributed by atoms with Gasteiger partial charge in [0.25, 0.3) is 0 Å². The zero-order valence-electron chi connectivity index (χ0n) is 39.5. The van der Waals surface area contributed by atoms with Gasteiger partial charge in [-0.2, -0.15) is 0 Å². The predicted molar refractivity (Wildman–Crippen MR) is 275 cm³/mol. The van der Waals surface area contributed by atoms with Gasteiger partial charge in [0, 0.05) is 61.0 Å². The number of rotatable bonds is 19. The number of halogens is 2. The standard InChI is InChI=1S/C55H54ClFN7O5S/c1-36-44(21-22-48(51(36)56)67-30-27-63-25-28-64(3,29-26-63)32-37-13-19-41(58-2)20-14-37)49-50-54(60-35-61-55(50)70-52(49)38-15-17-40(57)18-16-38)69-43(33-65)31-39-9-5-7-11-46(39)68-34-42-23-24-59-53(62-42)45-10-6-8-12-47(45)66-4/h5-24,33,35,43,58H,25-32,34H2,1-4H3/q+1. The summed E-state index contributed by atoms with van der Waals surface area (Å²) in [5, 5.41) is 4.28. The maximum Gasteiger partial charge on any atom is 0.226 e. The van der Waals surface area contributed by atoms with Gasteiger partial charge in [-0.1, -0.05) is 72.3 Å². The number of methoxy groups -OCH3 is 1. The van der Waals surface area contributed by atoms with Crippen LogP contribution in [0.5, 0.6) is 23.1 Å². The number of aldehydes is 1. The van der Waals surface area contributed by atoms with Crippen LogP contribution in [-0.4, -0.2) is 102 Å². The Morgan fingerprint density at radius 1 is 0.871 bits per heavy atom. The lowest BCUT2D eigenvalue weighted by molar-refractivity contribution is -0.926. The second kappa shape index (κ2) is 21.8. The Morgan fingerprint density at radius 3 is 2.39 bits per heavy atom. The lowest BCUT2D eigenvalue weighted by Crippen LogP contribution is -2.57. The summed E-state index contributed by atoms with van der Waals surface area (Å²) >= 11 is 8.61. The number of carbonyl (C=O) groups excluding carboxylic acids is 1. The Morgan fingerprint density at radius 2 is 1.63 bits per heavy atom. The highest BCUT2D eigenvalue weighted by Gasteiger charge is 2.30.